The molecule has 2 bridgehead atoms. The molecule has 1 saturated carbocycles. The van der Waals surface area contributed by atoms with Crippen LogP contribution in [0.2, 0.25) is 0 Å². The average Bonchev–Trinajstić information content (AvgIpc) is 3.30. The van der Waals surface area contributed by atoms with Gasteiger partial charge in [-0.25, -0.2) is 4.79 Å². The number of esters is 1. The minimum Gasteiger partial charge on any atom is -0.460 e. The SMILES string of the molecule is CO[C@H]1C[C@@H]2CC[C@@H](C)[C@@](OC)(O2)C(=O)C(=O)N2CCCC[C@H]2C(=O)O[C@H]([C@H](C)C[C@@H]2CC[C@@H](O)[C@H](OC)C2)CC(=O)[C@H](C)/C=C(\C)[C@@H](O)[C@@H](OC)C(=O)[C@H](C)C[C@H](C)/C=C/C=C/C=C/1C. The lowest BCUT2D eigenvalue weighted by Crippen LogP contribution is -2.61. The van der Waals surface area contributed by atoms with E-state index in [1.807, 2.05) is 65.0 Å². The predicted octanol–water partition coefficient (Wildman–Crippen LogP) is 6.83. The van der Waals surface area contributed by atoms with E-state index in [4.69, 9.17) is 28.4 Å². The van der Waals surface area contributed by atoms with Crippen molar-refractivity contribution in [3.8, 4) is 0 Å². The number of nitrogens with zero attached hydrogens (tertiary/aromatic N) is 1. The molecule has 4 aliphatic rings. The van der Waals surface area contributed by atoms with E-state index in [1.54, 1.807) is 34.1 Å². The van der Waals surface area contributed by atoms with Crippen molar-refractivity contribution >= 4 is 29.2 Å². The Morgan fingerprint density at radius 1 is 0.833 bits per heavy atom. The fourth-order valence-corrected chi connectivity index (χ4v) is 10.4. The number of carbonyl (C=O) groups excluding carboxylic acids is 5. The third-order valence-electron chi connectivity index (χ3n) is 14.7. The number of rotatable bonds is 7. The number of methoxy groups -OCH3 is 4. The van der Waals surface area contributed by atoms with Gasteiger partial charge in [0.2, 0.25) is 5.79 Å². The van der Waals surface area contributed by atoms with Gasteiger partial charge in [0, 0.05) is 65.6 Å². The molecule has 14 heteroatoms. The van der Waals surface area contributed by atoms with Crippen LogP contribution in [0.5, 0.6) is 0 Å². The van der Waals surface area contributed by atoms with E-state index >= 15 is 0 Å². The molecule has 4 rings (SSSR count). The first-order chi connectivity index (χ1) is 31.3. The second-order valence-corrected chi connectivity index (χ2v) is 19.8. The van der Waals surface area contributed by atoms with Crippen molar-refractivity contribution in [2.24, 2.45) is 35.5 Å². The van der Waals surface area contributed by atoms with Crippen molar-refractivity contribution in [2.45, 2.75) is 180 Å². The number of ether oxygens (including phenoxy) is 6. The summed E-state index contributed by atoms with van der Waals surface area (Å²) in [7, 11) is 5.94. The topological polar surface area (TPSA) is 184 Å². The molecule has 0 aromatic rings. The quantitative estimate of drug-likeness (QED) is 0.154. The van der Waals surface area contributed by atoms with Crippen LogP contribution in [-0.4, -0.2) is 134 Å². The number of cyclic esters (lactones) is 1. The molecular weight excluding hydrogens is 847 g/mol. The summed E-state index contributed by atoms with van der Waals surface area (Å²) in [6.07, 6.45) is 12.1. The maximum atomic E-state index is 14.5. The summed E-state index contributed by atoms with van der Waals surface area (Å²) < 4.78 is 35.8. The highest BCUT2D eigenvalue weighted by Gasteiger charge is 2.54. The Morgan fingerprint density at radius 2 is 1.56 bits per heavy atom. The summed E-state index contributed by atoms with van der Waals surface area (Å²) in [4.78, 5) is 72.6. The van der Waals surface area contributed by atoms with Crippen LogP contribution in [-0.2, 0) is 52.4 Å². The number of piperidine rings is 1. The summed E-state index contributed by atoms with van der Waals surface area (Å²) >= 11 is 0. The van der Waals surface area contributed by atoms with E-state index in [1.165, 1.54) is 19.1 Å². The van der Waals surface area contributed by atoms with Crippen molar-refractivity contribution in [3.63, 3.8) is 0 Å². The van der Waals surface area contributed by atoms with E-state index in [0.29, 0.717) is 63.4 Å². The van der Waals surface area contributed by atoms with Crippen molar-refractivity contribution in [2.75, 3.05) is 35.0 Å². The summed E-state index contributed by atoms with van der Waals surface area (Å²) in [6.45, 7) is 13.1. The van der Waals surface area contributed by atoms with Gasteiger partial charge in [-0.3, -0.25) is 19.2 Å². The highest BCUT2D eigenvalue weighted by molar-refractivity contribution is 6.39. The fourth-order valence-electron chi connectivity index (χ4n) is 10.4. The molecular formula is C52H81NO13. The highest BCUT2D eigenvalue weighted by Crippen LogP contribution is 2.39. The van der Waals surface area contributed by atoms with E-state index < -0.39 is 77.8 Å². The largest absolute Gasteiger partial charge is 0.460 e. The van der Waals surface area contributed by atoms with Crippen LogP contribution in [0.15, 0.2) is 47.6 Å². The molecule has 1 amide bonds. The first kappa shape index (κ1) is 55.2. The Hall–Kier alpha value is -3.37. The number of fused-ring (bicyclic) bond motifs is 3. The molecule has 372 valence electrons. The third-order valence-corrected chi connectivity index (χ3v) is 14.7. The van der Waals surface area contributed by atoms with Gasteiger partial charge in [0.25, 0.3) is 11.7 Å². The molecule has 3 aliphatic heterocycles. The predicted molar refractivity (Wildman–Crippen MR) is 250 cm³/mol. The molecule has 1 aliphatic carbocycles. The number of Topliss-reactive ketones (excluding diaryl/α,β-unsaturated/α-hetero) is 3. The molecule has 66 heavy (non-hydrogen) atoms. The van der Waals surface area contributed by atoms with Crippen LogP contribution in [0.1, 0.15) is 126 Å². The molecule has 0 aromatic carbocycles. The molecule has 0 aromatic heterocycles. The van der Waals surface area contributed by atoms with E-state index in [0.717, 1.165) is 12.0 Å². The van der Waals surface area contributed by atoms with Gasteiger partial charge in [0.15, 0.2) is 5.78 Å². The minimum atomic E-state index is -1.89. The van der Waals surface area contributed by atoms with Crippen LogP contribution in [0.25, 0.3) is 0 Å². The van der Waals surface area contributed by atoms with Gasteiger partial charge in [-0.1, -0.05) is 71.1 Å². The van der Waals surface area contributed by atoms with Crippen LogP contribution >= 0.6 is 0 Å². The van der Waals surface area contributed by atoms with Crippen LogP contribution < -0.4 is 0 Å². The number of allylic oxidation sites excluding steroid dienone is 6. The summed E-state index contributed by atoms with van der Waals surface area (Å²) in [5.74, 6) is -6.64. The molecule has 2 N–H and O–H groups in total. The lowest BCUT2D eigenvalue weighted by atomic mass is 9.78. The smallest absolute Gasteiger partial charge is 0.329 e. The normalized spacial score (nSPS) is 40.0. The molecule has 15 atom stereocenters. The van der Waals surface area contributed by atoms with E-state index in [2.05, 4.69) is 0 Å². The molecule has 0 radical (unpaired) electrons. The first-order valence-corrected chi connectivity index (χ1v) is 24.3. The van der Waals surface area contributed by atoms with Gasteiger partial charge in [-0.2, -0.15) is 0 Å². The lowest BCUT2D eigenvalue weighted by molar-refractivity contribution is -0.277. The van der Waals surface area contributed by atoms with Gasteiger partial charge in [-0.05, 0) is 107 Å². The average molecular weight is 928 g/mol. The second-order valence-electron chi connectivity index (χ2n) is 19.8. The standard InChI is InChI=1S/C52H81NO13/c1-31-17-13-12-14-18-32(2)43(61-8)29-39-22-20-37(7)52(64-11,66-39)49(58)50(59)53-24-16-15-19-40(53)51(60)65-44(34(4)27-38-21-23-41(54)45(28-38)62-9)30-42(55)33(3)26-36(6)47(57)48(63-10)46(56)35(5)25-31/h12-14,17-18,26,31,33-35,37-41,43-45,47-48,54,57H,15-16,19-25,27-30H2,1-11H3/b14-12+,17-13+,32-18+,36-26+/t31-,33-,34-,35-,37-,38+,39+,40+,41-,43+,44+,45-,47-,48+,52-/m1/s1. The summed E-state index contributed by atoms with van der Waals surface area (Å²) in [5, 5.41) is 22.0. The number of hydrogen-bond donors (Lipinski definition) is 2. The van der Waals surface area contributed by atoms with E-state index in [-0.39, 0.29) is 60.9 Å². The maximum absolute atomic E-state index is 14.5. The number of ketones is 3. The van der Waals surface area contributed by atoms with Gasteiger partial charge in [-0.15, -0.1) is 0 Å². The Labute approximate surface area is 393 Å². The van der Waals surface area contributed by atoms with Crippen molar-refractivity contribution < 1.29 is 62.6 Å². The zero-order valence-electron chi connectivity index (χ0n) is 41.6. The third kappa shape index (κ3) is 14.1. The number of hydrogen-bond acceptors (Lipinski definition) is 13. The number of amides is 1. The Balaban J connectivity index is 1.72. The highest BCUT2D eigenvalue weighted by atomic mass is 16.7. The first-order valence-electron chi connectivity index (χ1n) is 24.3. The number of aliphatic hydroxyl groups excluding tert-OH is 2. The Bertz CT molecular complexity index is 1770. The molecule has 14 nitrogen and oxygen atoms in total. The zero-order chi connectivity index (χ0) is 48.9. The Morgan fingerprint density at radius 3 is 2.23 bits per heavy atom. The van der Waals surface area contributed by atoms with Crippen LogP contribution in [0.4, 0.5) is 0 Å². The van der Waals surface area contributed by atoms with E-state index in [9.17, 15) is 34.2 Å². The van der Waals surface area contributed by atoms with Gasteiger partial charge in [0.05, 0.1) is 24.4 Å². The monoisotopic (exact) mass is 928 g/mol. The van der Waals surface area contributed by atoms with Crippen molar-refractivity contribution in [1.29, 1.82) is 0 Å². The second kappa shape index (κ2) is 25.8. The van der Waals surface area contributed by atoms with Crippen molar-refractivity contribution in [3.05, 3.63) is 47.6 Å². The molecule has 0 unspecified atom stereocenters. The van der Waals surface area contributed by atoms with Crippen molar-refractivity contribution in [1.82, 2.24) is 4.90 Å². The van der Waals surface area contributed by atoms with Gasteiger partial charge in [0.1, 0.15) is 30.1 Å². The molecule has 3 fully saturated rings. The van der Waals surface area contributed by atoms with Crippen LogP contribution in [0, 0.1) is 35.5 Å². The minimum absolute atomic E-state index is 0.0307. The number of aliphatic hydroxyl groups is 2. The molecule has 0 spiro atoms. The fraction of sp³-hybridized carbons (Fsp3) is 0.750. The lowest BCUT2D eigenvalue weighted by Gasteiger charge is -2.44. The van der Waals surface area contributed by atoms with Crippen LogP contribution in [0.3, 0.4) is 0 Å². The zero-order valence-corrected chi connectivity index (χ0v) is 41.6. The van der Waals surface area contributed by atoms with Gasteiger partial charge < -0.3 is 43.5 Å². The summed E-state index contributed by atoms with van der Waals surface area (Å²) in [5.41, 5.74) is 1.32. The maximum Gasteiger partial charge on any atom is 0.329 e. The molecule has 2 saturated heterocycles. The Kier molecular flexibility index (Phi) is 21.6. The molecule has 3 heterocycles. The summed E-state index contributed by atoms with van der Waals surface area (Å²) in [6, 6.07) is -1.08. The van der Waals surface area contributed by atoms with Gasteiger partial charge >= 0.3 is 5.97 Å². The number of carbonyl (C=O) groups is 5.